The normalized spacial score (nSPS) is 12.6. The van der Waals surface area contributed by atoms with Gasteiger partial charge in [0.25, 0.3) is 0 Å². The van der Waals surface area contributed by atoms with Gasteiger partial charge in [-0.1, -0.05) is 331 Å². The summed E-state index contributed by atoms with van der Waals surface area (Å²) in [4.78, 5) is 38.0. The van der Waals surface area contributed by atoms with Crippen molar-refractivity contribution in [2.45, 2.75) is 348 Å². The van der Waals surface area contributed by atoms with Gasteiger partial charge in [0.05, 0.1) is 0 Å². The van der Waals surface area contributed by atoms with E-state index < -0.39 is 6.10 Å². The van der Waals surface area contributed by atoms with Gasteiger partial charge in [-0.2, -0.15) is 0 Å². The first-order chi connectivity index (χ1) is 39.0. The minimum atomic E-state index is -0.772. The second kappa shape index (κ2) is 67.1. The minimum absolute atomic E-state index is 0.0735. The Hall–Kier alpha value is -3.41. The highest BCUT2D eigenvalue weighted by Crippen LogP contribution is 2.18. The van der Waals surface area contributed by atoms with Crippen LogP contribution in [0.25, 0.3) is 0 Å². The van der Waals surface area contributed by atoms with E-state index in [2.05, 4.69) is 106 Å². The molecule has 0 spiro atoms. The Bertz CT molecular complexity index is 1500. The molecule has 0 amide bonds. The van der Waals surface area contributed by atoms with Crippen molar-refractivity contribution in [3.05, 3.63) is 85.1 Å². The summed E-state index contributed by atoms with van der Waals surface area (Å²) in [5, 5.41) is 0. The highest BCUT2D eigenvalue weighted by Gasteiger charge is 2.19. The van der Waals surface area contributed by atoms with Crippen LogP contribution in [0.3, 0.4) is 0 Å². The van der Waals surface area contributed by atoms with Crippen LogP contribution in [0.5, 0.6) is 0 Å². The van der Waals surface area contributed by atoms with Crippen molar-refractivity contribution in [1.29, 1.82) is 0 Å². The van der Waals surface area contributed by atoms with Crippen LogP contribution in [-0.2, 0) is 28.6 Å². The molecule has 0 N–H and O–H groups in total. The molecule has 0 saturated heterocycles. The summed E-state index contributed by atoms with van der Waals surface area (Å²) < 4.78 is 16.8. The number of ether oxygens (including phenoxy) is 3. The molecule has 0 aliphatic rings. The highest BCUT2D eigenvalue weighted by molar-refractivity contribution is 5.71. The monoisotopic (exact) mass is 1100 g/mol. The van der Waals surface area contributed by atoms with Gasteiger partial charge in [0, 0.05) is 19.3 Å². The third-order valence-corrected chi connectivity index (χ3v) is 14.9. The van der Waals surface area contributed by atoms with Gasteiger partial charge in [0.2, 0.25) is 0 Å². The lowest BCUT2D eigenvalue weighted by Crippen LogP contribution is -2.30. The van der Waals surface area contributed by atoms with E-state index in [0.717, 1.165) is 109 Å². The smallest absolute Gasteiger partial charge is 0.306 e. The first-order valence-electron chi connectivity index (χ1n) is 34.1. The van der Waals surface area contributed by atoms with Gasteiger partial charge in [-0.25, -0.2) is 0 Å². The van der Waals surface area contributed by atoms with Crippen LogP contribution in [0.4, 0.5) is 0 Å². The molecule has 0 saturated carbocycles. The SMILES string of the molecule is CC/C=C\C/C=C\C/C=C\C/C=C\C/C=C\C/C=C\C/C=C\CCCCCCCCCCCCCC(=O)OCC(COC(=O)CCCCCCC)OC(=O)CCCCCCCCCCCCCCCCCCCCCCCCC. The fourth-order valence-corrected chi connectivity index (χ4v) is 9.84. The van der Waals surface area contributed by atoms with Crippen molar-refractivity contribution < 1.29 is 28.6 Å². The predicted octanol–water partition coefficient (Wildman–Crippen LogP) is 23.4. The van der Waals surface area contributed by atoms with Crippen LogP contribution in [-0.4, -0.2) is 37.2 Å². The second-order valence-corrected chi connectivity index (χ2v) is 22.7. The number of hydrogen-bond acceptors (Lipinski definition) is 6. The molecule has 0 fully saturated rings. The van der Waals surface area contributed by atoms with Crippen LogP contribution < -0.4 is 0 Å². The summed E-state index contributed by atoms with van der Waals surface area (Å²) in [5.74, 6) is -0.874. The number of hydrogen-bond donors (Lipinski definition) is 0. The average Bonchev–Trinajstić information content (AvgIpc) is 3.45. The van der Waals surface area contributed by atoms with Crippen molar-refractivity contribution >= 4 is 17.9 Å². The highest BCUT2D eigenvalue weighted by atomic mass is 16.6. The Labute approximate surface area is 490 Å². The van der Waals surface area contributed by atoms with Gasteiger partial charge in [0.1, 0.15) is 13.2 Å². The zero-order chi connectivity index (χ0) is 57.1. The molecule has 0 bridgehead atoms. The van der Waals surface area contributed by atoms with Gasteiger partial charge in [0.15, 0.2) is 6.10 Å². The van der Waals surface area contributed by atoms with Crippen molar-refractivity contribution in [1.82, 2.24) is 0 Å². The summed E-state index contributed by atoms with van der Waals surface area (Å²) in [5.41, 5.74) is 0. The maximum atomic E-state index is 12.8. The Morgan fingerprint density at radius 3 is 0.772 bits per heavy atom. The van der Waals surface area contributed by atoms with Crippen LogP contribution in [0.2, 0.25) is 0 Å². The molecular formula is C73H128O6. The van der Waals surface area contributed by atoms with Gasteiger partial charge < -0.3 is 14.2 Å². The summed E-state index contributed by atoms with van der Waals surface area (Å²) in [6, 6.07) is 0. The van der Waals surface area contributed by atoms with Gasteiger partial charge in [-0.3, -0.25) is 14.4 Å². The summed E-state index contributed by atoms with van der Waals surface area (Å²) in [6.07, 6.45) is 89.4. The maximum Gasteiger partial charge on any atom is 0.306 e. The second-order valence-electron chi connectivity index (χ2n) is 22.7. The maximum absolute atomic E-state index is 12.8. The molecule has 456 valence electrons. The lowest BCUT2D eigenvalue weighted by Gasteiger charge is -2.18. The number of esters is 3. The molecule has 0 aromatic rings. The third-order valence-electron chi connectivity index (χ3n) is 14.9. The average molecular weight is 1100 g/mol. The molecule has 6 heteroatoms. The van der Waals surface area contributed by atoms with Crippen LogP contribution in [0.15, 0.2) is 85.1 Å². The Morgan fingerprint density at radius 2 is 0.494 bits per heavy atom. The number of unbranched alkanes of at least 4 members (excludes halogenated alkanes) is 37. The molecule has 1 atom stereocenters. The van der Waals surface area contributed by atoms with E-state index in [4.69, 9.17) is 14.2 Å². The van der Waals surface area contributed by atoms with Gasteiger partial charge in [-0.05, 0) is 77.0 Å². The minimum Gasteiger partial charge on any atom is -0.462 e. The molecule has 0 aromatic heterocycles. The molecule has 6 nitrogen and oxygen atoms in total. The zero-order valence-electron chi connectivity index (χ0n) is 52.4. The standard InChI is InChI=1S/C73H128O6/c1-4-7-10-13-15-17-19-21-23-25-27-29-31-32-33-34-35-36-37-38-39-40-42-43-45-47-49-51-53-55-57-60-63-66-72(75)78-69-70(68-77-71(74)65-62-59-12-9-6-3)79-73(76)67-64-61-58-56-54-52-50-48-46-44-41-30-28-26-24-22-20-18-16-14-11-8-5-2/h7,10,15,17,21,23,27,29,32-33,35-36,38-39,70H,4-6,8-9,11-14,16,18-20,22,24-26,28,30-31,34,37,40-69H2,1-3H3/b10-7-,17-15-,23-21-,29-27-,33-32-,36-35-,39-38-. The number of rotatable bonds is 62. The van der Waals surface area contributed by atoms with Crippen LogP contribution in [0, 0.1) is 0 Å². The molecule has 0 radical (unpaired) electrons. The topological polar surface area (TPSA) is 78.9 Å². The number of carbonyl (C=O) groups excluding carboxylic acids is 3. The zero-order valence-corrected chi connectivity index (χ0v) is 52.4. The van der Waals surface area contributed by atoms with E-state index in [0.29, 0.717) is 19.3 Å². The lowest BCUT2D eigenvalue weighted by atomic mass is 10.0. The first-order valence-corrected chi connectivity index (χ1v) is 34.1. The molecule has 79 heavy (non-hydrogen) atoms. The first kappa shape index (κ1) is 75.6. The fourth-order valence-electron chi connectivity index (χ4n) is 9.84. The van der Waals surface area contributed by atoms with E-state index >= 15 is 0 Å². The largest absolute Gasteiger partial charge is 0.462 e. The summed E-state index contributed by atoms with van der Waals surface area (Å²) in [6.45, 7) is 6.49. The lowest BCUT2D eigenvalue weighted by molar-refractivity contribution is -0.167. The van der Waals surface area contributed by atoms with E-state index in [9.17, 15) is 14.4 Å². The molecule has 0 aliphatic carbocycles. The van der Waals surface area contributed by atoms with Crippen molar-refractivity contribution in [3.8, 4) is 0 Å². The molecule has 1 unspecified atom stereocenters. The van der Waals surface area contributed by atoms with E-state index in [-0.39, 0.29) is 31.1 Å². The van der Waals surface area contributed by atoms with Crippen LogP contribution >= 0.6 is 0 Å². The summed E-state index contributed by atoms with van der Waals surface area (Å²) >= 11 is 0. The third kappa shape index (κ3) is 65.3. The summed E-state index contributed by atoms with van der Waals surface area (Å²) in [7, 11) is 0. The Kier molecular flexibility index (Phi) is 64.2. The van der Waals surface area contributed by atoms with Crippen molar-refractivity contribution in [3.63, 3.8) is 0 Å². The fraction of sp³-hybridized carbons (Fsp3) is 0.767. The Morgan fingerprint density at radius 1 is 0.266 bits per heavy atom. The van der Waals surface area contributed by atoms with Gasteiger partial charge >= 0.3 is 17.9 Å². The Balaban J connectivity index is 3.99. The molecule has 0 aliphatic heterocycles. The molecular weight excluding hydrogens is 973 g/mol. The van der Waals surface area contributed by atoms with E-state index in [1.165, 1.54) is 193 Å². The number of allylic oxidation sites excluding steroid dienone is 14. The van der Waals surface area contributed by atoms with Crippen LogP contribution in [0.1, 0.15) is 342 Å². The van der Waals surface area contributed by atoms with Crippen molar-refractivity contribution in [2.75, 3.05) is 13.2 Å². The van der Waals surface area contributed by atoms with Crippen molar-refractivity contribution in [2.24, 2.45) is 0 Å². The molecule has 0 aromatic carbocycles. The van der Waals surface area contributed by atoms with Gasteiger partial charge in [-0.15, -0.1) is 0 Å². The predicted molar refractivity (Wildman–Crippen MR) is 344 cm³/mol. The number of carbonyl (C=O) groups is 3. The quantitative estimate of drug-likeness (QED) is 0.0261. The van der Waals surface area contributed by atoms with E-state index in [1.807, 2.05) is 0 Å². The van der Waals surface area contributed by atoms with E-state index in [1.54, 1.807) is 0 Å². The molecule has 0 rings (SSSR count). The molecule has 0 heterocycles.